The fraction of sp³-hybridized carbons (Fsp3) is 0.533. The van der Waals surface area contributed by atoms with Gasteiger partial charge in [0.05, 0.1) is 16.9 Å². The van der Waals surface area contributed by atoms with Gasteiger partial charge in [0.25, 0.3) is 0 Å². The Kier molecular flexibility index (Phi) is 4.61. The number of nitrogens with one attached hydrogen (secondary N) is 1. The molecular weight excluding hydrogens is 284 g/mol. The van der Waals surface area contributed by atoms with Gasteiger partial charge >= 0.3 is 7.12 Å². The molecule has 1 aliphatic heterocycles. The third-order valence-corrected chi connectivity index (χ3v) is 4.18. The summed E-state index contributed by atoms with van der Waals surface area (Å²) in [7, 11) is 1.37. The molecule has 2 rings (SSSR count). The second-order valence-corrected chi connectivity index (χ2v) is 6.49. The van der Waals surface area contributed by atoms with E-state index in [1.807, 2.05) is 40.8 Å². The molecule has 0 unspecified atom stereocenters. The molecule has 3 N–H and O–H groups in total. The van der Waals surface area contributed by atoms with Crippen molar-refractivity contribution in [2.24, 2.45) is 0 Å². The van der Waals surface area contributed by atoms with Crippen molar-refractivity contribution in [1.29, 1.82) is 0 Å². The molecule has 1 aromatic rings. The van der Waals surface area contributed by atoms with Gasteiger partial charge in [-0.3, -0.25) is 0 Å². The first-order valence-corrected chi connectivity index (χ1v) is 7.28. The number of nitrogens with two attached hydrogens (primary N) is 1. The summed E-state index contributed by atoms with van der Waals surface area (Å²) in [6, 6.07) is 1.54. The lowest BCUT2D eigenvalue weighted by Crippen LogP contribution is -2.41. The second-order valence-electron chi connectivity index (χ2n) is 6.49. The van der Waals surface area contributed by atoms with E-state index in [-0.39, 0.29) is 5.69 Å². The summed E-state index contributed by atoms with van der Waals surface area (Å²) in [5.41, 5.74) is 6.37. The Hall–Kier alpha value is -1.44. The van der Waals surface area contributed by atoms with Crippen molar-refractivity contribution < 1.29 is 13.7 Å². The lowest BCUT2D eigenvalue weighted by molar-refractivity contribution is 0.00578. The van der Waals surface area contributed by atoms with Crippen molar-refractivity contribution >= 4 is 18.9 Å². The van der Waals surface area contributed by atoms with Gasteiger partial charge in [-0.15, -0.1) is 0 Å². The van der Waals surface area contributed by atoms with Gasteiger partial charge in [0, 0.05) is 12.7 Å². The number of halogens is 1. The smallest absolute Gasteiger partial charge is 0.400 e. The average molecular weight is 307 g/mol. The maximum Gasteiger partial charge on any atom is 0.491 e. The summed E-state index contributed by atoms with van der Waals surface area (Å²) < 4.78 is 25.3. The van der Waals surface area contributed by atoms with Crippen LogP contribution in [0.2, 0.25) is 0 Å². The first-order valence-electron chi connectivity index (χ1n) is 7.28. The highest BCUT2D eigenvalue weighted by molar-refractivity contribution is 6.55. The van der Waals surface area contributed by atoms with Crippen LogP contribution in [0.3, 0.4) is 0 Å². The van der Waals surface area contributed by atoms with Crippen LogP contribution < -0.4 is 11.1 Å². The quantitative estimate of drug-likeness (QED) is 0.658. The van der Waals surface area contributed by atoms with Crippen molar-refractivity contribution in [3.05, 3.63) is 29.2 Å². The maximum absolute atomic E-state index is 13.2. The van der Waals surface area contributed by atoms with Gasteiger partial charge in [-0.25, -0.2) is 4.98 Å². The molecule has 0 aromatic carbocycles. The van der Waals surface area contributed by atoms with Gasteiger partial charge in [-0.1, -0.05) is 6.08 Å². The number of anilines is 1. The third kappa shape index (κ3) is 3.32. The van der Waals surface area contributed by atoms with E-state index in [2.05, 4.69) is 10.3 Å². The number of nitrogens with zero attached hydrogens (tertiary/aromatic N) is 1. The number of pyridine rings is 1. The minimum absolute atomic E-state index is 0.0199. The van der Waals surface area contributed by atoms with E-state index in [1.165, 1.54) is 6.20 Å². The molecule has 0 spiro atoms. The normalized spacial score (nSPS) is 20.5. The van der Waals surface area contributed by atoms with Crippen LogP contribution in [-0.4, -0.2) is 36.9 Å². The molecule has 0 atom stereocenters. The predicted octanol–water partition coefficient (Wildman–Crippen LogP) is 2.04. The number of rotatable bonds is 4. The van der Waals surface area contributed by atoms with Crippen LogP contribution in [0.15, 0.2) is 17.7 Å². The molecule has 0 amide bonds. The van der Waals surface area contributed by atoms with E-state index >= 15 is 0 Å². The lowest BCUT2D eigenvalue weighted by atomic mass is 9.77. The number of hydrogen-bond donors (Lipinski definition) is 2. The van der Waals surface area contributed by atoms with Crippen LogP contribution >= 0.6 is 0 Å². The van der Waals surface area contributed by atoms with Crippen LogP contribution in [0.1, 0.15) is 33.3 Å². The van der Waals surface area contributed by atoms with Crippen LogP contribution in [0.25, 0.3) is 6.08 Å². The van der Waals surface area contributed by atoms with Crippen molar-refractivity contribution in [2.45, 2.75) is 38.9 Å². The van der Waals surface area contributed by atoms with Gasteiger partial charge in [0.2, 0.25) is 5.95 Å². The summed E-state index contributed by atoms with van der Waals surface area (Å²) in [6.07, 6.45) is 3.30. The van der Waals surface area contributed by atoms with E-state index in [0.29, 0.717) is 12.1 Å². The van der Waals surface area contributed by atoms with Gasteiger partial charge in [0.15, 0.2) is 0 Å². The van der Waals surface area contributed by atoms with E-state index in [0.717, 1.165) is 5.47 Å². The highest BCUT2D eigenvalue weighted by Gasteiger charge is 2.52. The molecule has 1 saturated heterocycles. The molecular formula is C15H23BFN3O2. The van der Waals surface area contributed by atoms with Gasteiger partial charge in [-0.05, 0) is 51.8 Å². The van der Waals surface area contributed by atoms with Crippen LogP contribution in [0, 0.1) is 5.95 Å². The summed E-state index contributed by atoms with van der Waals surface area (Å²) in [5, 5.41) is 3.09. The molecule has 2 heterocycles. The summed E-state index contributed by atoms with van der Waals surface area (Å²) in [6.45, 7) is 8.58. The number of aromatic nitrogens is 1. The molecule has 0 aliphatic carbocycles. The SMILES string of the molecule is CNCC(=Cc1cnc(F)c(N)c1)B1OC(C)(C)C(C)(C)O1. The molecule has 7 heteroatoms. The molecule has 0 radical (unpaired) electrons. The Bertz CT molecular complexity index is 574. The largest absolute Gasteiger partial charge is 0.491 e. The van der Waals surface area contributed by atoms with E-state index in [1.54, 1.807) is 6.07 Å². The van der Waals surface area contributed by atoms with Crippen molar-refractivity contribution in [1.82, 2.24) is 10.3 Å². The molecule has 0 bridgehead atoms. The van der Waals surface area contributed by atoms with Gasteiger partial charge in [-0.2, -0.15) is 4.39 Å². The van der Waals surface area contributed by atoms with Crippen LogP contribution in [0.5, 0.6) is 0 Å². The molecule has 1 aromatic heterocycles. The monoisotopic (exact) mass is 307 g/mol. The van der Waals surface area contributed by atoms with Crippen molar-refractivity contribution in [3.8, 4) is 0 Å². The second kappa shape index (κ2) is 5.99. The van der Waals surface area contributed by atoms with Crippen LogP contribution in [0.4, 0.5) is 10.1 Å². The van der Waals surface area contributed by atoms with Gasteiger partial charge in [0.1, 0.15) is 0 Å². The minimum atomic E-state index is -0.664. The zero-order valence-electron chi connectivity index (χ0n) is 13.7. The topological polar surface area (TPSA) is 69.4 Å². The Balaban J connectivity index is 2.31. The molecule has 22 heavy (non-hydrogen) atoms. The summed E-state index contributed by atoms with van der Waals surface area (Å²) >= 11 is 0. The van der Waals surface area contributed by atoms with Gasteiger partial charge < -0.3 is 20.4 Å². The number of likely N-dealkylation sites (N-methyl/N-ethyl adjacent to an activating group) is 1. The lowest BCUT2D eigenvalue weighted by Gasteiger charge is -2.32. The Morgan fingerprint density at radius 2 is 1.95 bits per heavy atom. The van der Waals surface area contributed by atoms with E-state index in [4.69, 9.17) is 15.0 Å². The molecule has 1 fully saturated rings. The highest BCUT2D eigenvalue weighted by Crippen LogP contribution is 2.38. The zero-order chi connectivity index (χ0) is 16.5. The molecule has 0 saturated carbocycles. The van der Waals surface area contributed by atoms with E-state index in [9.17, 15) is 4.39 Å². The zero-order valence-corrected chi connectivity index (χ0v) is 13.7. The fourth-order valence-electron chi connectivity index (χ4n) is 2.18. The molecule has 5 nitrogen and oxygen atoms in total. The van der Waals surface area contributed by atoms with E-state index < -0.39 is 24.3 Å². The summed E-state index contributed by atoms with van der Waals surface area (Å²) in [5.74, 6) is -0.664. The first kappa shape index (κ1) is 16.9. The van der Waals surface area contributed by atoms with Crippen molar-refractivity contribution in [3.63, 3.8) is 0 Å². The Labute approximate surface area is 131 Å². The Morgan fingerprint density at radius 3 is 2.45 bits per heavy atom. The average Bonchev–Trinajstić information content (AvgIpc) is 2.62. The van der Waals surface area contributed by atoms with Crippen molar-refractivity contribution in [2.75, 3.05) is 19.3 Å². The fourth-order valence-corrected chi connectivity index (χ4v) is 2.18. The standard InChI is InChI=1S/C15H23BFN3O2/c1-14(2)15(3,4)22-16(21-14)11(9-19-5)6-10-7-12(18)13(17)20-8-10/h6-8,19H,9,18H2,1-5H3. The predicted molar refractivity (Wildman–Crippen MR) is 86.6 cm³/mol. The maximum atomic E-state index is 13.2. The summed E-state index contributed by atoms with van der Waals surface area (Å²) in [4.78, 5) is 3.64. The first-order chi connectivity index (χ1) is 10.2. The highest BCUT2D eigenvalue weighted by atomic mass is 19.1. The minimum Gasteiger partial charge on any atom is -0.400 e. The Morgan fingerprint density at radius 1 is 1.36 bits per heavy atom. The third-order valence-electron chi connectivity index (χ3n) is 4.18. The molecule has 1 aliphatic rings. The van der Waals surface area contributed by atoms with Crippen LogP contribution in [-0.2, 0) is 9.31 Å². The molecule has 120 valence electrons. The number of hydrogen-bond acceptors (Lipinski definition) is 5. The number of nitrogen functional groups attached to an aromatic ring is 1.